The van der Waals surface area contributed by atoms with E-state index < -0.39 is 0 Å². The number of aromatic nitrogens is 3. The van der Waals surface area contributed by atoms with E-state index in [-0.39, 0.29) is 31.4 Å². The van der Waals surface area contributed by atoms with Gasteiger partial charge in [-0.1, -0.05) is 0 Å². The Bertz CT molecular complexity index is 625. The fourth-order valence-corrected chi connectivity index (χ4v) is 1.80. The van der Waals surface area contributed by atoms with E-state index in [0.29, 0.717) is 12.1 Å². The summed E-state index contributed by atoms with van der Waals surface area (Å²) in [5.41, 5.74) is 1.57. The summed E-state index contributed by atoms with van der Waals surface area (Å²) in [6.07, 6.45) is 6.94. The average Bonchev–Trinajstić information content (AvgIpc) is 2.96. The molecule has 2 aromatic heterocycles. The van der Waals surface area contributed by atoms with Gasteiger partial charge in [0.05, 0.1) is 25.7 Å². The number of pyridine rings is 1. The van der Waals surface area contributed by atoms with Crippen LogP contribution in [0.5, 0.6) is 0 Å². The lowest BCUT2D eigenvalue weighted by molar-refractivity contribution is -0.143. The average molecular weight is 302 g/mol. The highest BCUT2D eigenvalue weighted by molar-refractivity contribution is 5.93. The summed E-state index contributed by atoms with van der Waals surface area (Å²) in [7, 11) is 0. The lowest BCUT2D eigenvalue weighted by Gasteiger charge is -2.07. The molecular formula is C15H18N4O3. The summed E-state index contributed by atoms with van der Waals surface area (Å²) in [5.74, 6) is -0.531. The molecule has 0 bridgehead atoms. The molecule has 2 rings (SSSR count). The molecule has 0 aliphatic carbocycles. The third-order valence-corrected chi connectivity index (χ3v) is 2.90. The predicted octanol–water partition coefficient (Wildman–Crippen LogP) is 0.950. The van der Waals surface area contributed by atoms with Crippen molar-refractivity contribution in [3.63, 3.8) is 0 Å². The minimum Gasteiger partial charge on any atom is -0.464 e. The van der Waals surface area contributed by atoms with Crippen molar-refractivity contribution in [1.29, 1.82) is 0 Å². The summed E-state index contributed by atoms with van der Waals surface area (Å²) in [4.78, 5) is 27.1. The minimum absolute atomic E-state index is 0.147. The Labute approximate surface area is 128 Å². The van der Waals surface area contributed by atoms with Crippen LogP contribution in [-0.4, -0.2) is 39.8 Å². The van der Waals surface area contributed by atoms with Gasteiger partial charge in [-0.25, -0.2) is 0 Å². The zero-order chi connectivity index (χ0) is 15.8. The van der Waals surface area contributed by atoms with Crippen LogP contribution in [-0.2, 0) is 16.1 Å². The molecular weight excluding hydrogens is 284 g/mol. The molecule has 1 N–H and O–H groups in total. The van der Waals surface area contributed by atoms with Gasteiger partial charge in [0.25, 0.3) is 5.91 Å². The van der Waals surface area contributed by atoms with Crippen LogP contribution < -0.4 is 5.32 Å². The third kappa shape index (κ3) is 5.01. The van der Waals surface area contributed by atoms with Gasteiger partial charge in [0.15, 0.2) is 0 Å². The van der Waals surface area contributed by atoms with Crippen LogP contribution in [0.25, 0.3) is 0 Å². The number of aryl methyl sites for hydroxylation is 2. The lowest BCUT2D eigenvalue weighted by Crippen LogP contribution is -2.28. The summed E-state index contributed by atoms with van der Waals surface area (Å²) < 4.78 is 6.75. The Hall–Kier alpha value is -2.70. The second-order valence-corrected chi connectivity index (χ2v) is 4.74. The van der Waals surface area contributed by atoms with Crippen LogP contribution in [0, 0.1) is 6.92 Å². The monoisotopic (exact) mass is 302 g/mol. The van der Waals surface area contributed by atoms with Crippen LogP contribution >= 0.6 is 0 Å². The molecule has 0 saturated heterocycles. The van der Waals surface area contributed by atoms with Gasteiger partial charge in [-0.2, -0.15) is 5.10 Å². The molecule has 0 atom stereocenters. The second kappa shape index (κ2) is 7.92. The number of nitrogens with one attached hydrogen (secondary N) is 1. The molecule has 0 spiro atoms. The van der Waals surface area contributed by atoms with Crippen molar-refractivity contribution in [2.24, 2.45) is 0 Å². The Morgan fingerprint density at radius 3 is 2.77 bits per heavy atom. The Kier molecular flexibility index (Phi) is 5.65. The predicted molar refractivity (Wildman–Crippen MR) is 79.1 cm³/mol. The fourth-order valence-electron chi connectivity index (χ4n) is 1.80. The highest BCUT2D eigenvalue weighted by Gasteiger charge is 2.06. The zero-order valence-corrected chi connectivity index (χ0v) is 12.4. The Morgan fingerprint density at radius 1 is 1.32 bits per heavy atom. The van der Waals surface area contributed by atoms with Crippen molar-refractivity contribution < 1.29 is 14.3 Å². The van der Waals surface area contributed by atoms with Gasteiger partial charge in [-0.15, -0.1) is 0 Å². The normalized spacial score (nSPS) is 10.2. The van der Waals surface area contributed by atoms with Gasteiger partial charge in [-0.05, 0) is 24.6 Å². The van der Waals surface area contributed by atoms with Crippen molar-refractivity contribution >= 4 is 11.9 Å². The molecule has 7 nitrogen and oxygen atoms in total. The topological polar surface area (TPSA) is 86.1 Å². The van der Waals surface area contributed by atoms with Crippen molar-refractivity contribution in [2.75, 3.05) is 13.2 Å². The van der Waals surface area contributed by atoms with E-state index >= 15 is 0 Å². The Balaban J connectivity index is 1.60. The van der Waals surface area contributed by atoms with Crippen molar-refractivity contribution in [1.82, 2.24) is 20.1 Å². The largest absolute Gasteiger partial charge is 0.464 e. The smallest absolute Gasteiger partial charge is 0.307 e. The van der Waals surface area contributed by atoms with Crippen LogP contribution in [0.1, 0.15) is 22.3 Å². The first kappa shape index (κ1) is 15.7. The molecule has 0 unspecified atom stereocenters. The summed E-state index contributed by atoms with van der Waals surface area (Å²) in [6, 6.07) is 3.24. The quantitative estimate of drug-likeness (QED) is 0.608. The van der Waals surface area contributed by atoms with Crippen molar-refractivity contribution in [3.8, 4) is 0 Å². The minimum atomic E-state index is -0.314. The Morgan fingerprint density at radius 2 is 2.09 bits per heavy atom. The maximum atomic E-state index is 11.7. The van der Waals surface area contributed by atoms with Crippen LogP contribution in [0.15, 0.2) is 36.9 Å². The first-order valence-electron chi connectivity index (χ1n) is 6.98. The van der Waals surface area contributed by atoms with Gasteiger partial charge in [0.1, 0.15) is 6.61 Å². The fraction of sp³-hybridized carbons (Fsp3) is 0.333. The maximum absolute atomic E-state index is 11.7. The number of carbonyl (C=O) groups excluding carboxylic acids is 2. The number of hydrogen-bond acceptors (Lipinski definition) is 5. The number of rotatable bonds is 7. The molecule has 116 valence electrons. The zero-order valence-electron chi connectivity index (χ0n) is 12.4. The number of amides is 1. The number of ether oxygens (including phenoxy) is 1. The van der Waals surface area contributed by atoms with E-state index in [4.69, 9.17) is 4.74 Å². The number of hydrogen-bond donors (Lipinski definition) is 1. The number of nitrogens with zero attached hydrogens (tertiary/aromatic N) is 3. The molecule has 0 saturated carbocycles. The first-order chi connectivity index (χ1) is 10.6. The molecule has 2 heterocycles. The second-order valence-electron chi connectivity index (χ2n) is 4.74. The van der Waals surface area contributed by atoms with E-state index in [9.17, 15) is 9.59 Å². The van der Waals surface area contributed by atoms with Crippen molar-refractivity contribution in [3.05, 3.63) is 48.0 Å². The molecule has 7 heteroatoms. The van der Waals surface area contributed by atoms with E-state index in [2.05, 4.69) is 15.4 Å². The van der Waals surface area contributed by atoms with E-state index in [1.54, 1.807) is 35.4 Å². The lowest BCUT2D eigenvalue weighted by atomic mass is 10.2. The molecule has 0 aliphatic rings. The summed E-state index contributed by atoms with van der Waals surface area (Å²) in [6.45, 7) is 2.84. The standard InChI is InChI=1S/C15H18N4O3/c1-12-10-18-19(11-12)8-4-14(20)22-9-7-17-15(21)13-2-5-16-6-3-13/h2-3,5-6,10-11H,4,7-9H2,1H3,(H,17,21). The molecule has 22 heavy (non-hydrogen) atoms. The van der Waals surface area contributed by atoms with E-state index in [1.807, 2.05) is 13.1 Å². The van der Waals surface area contributed by atoms with Crippen LogP contribution in [0.2, 0.25) is 0 Å². The molecule has 0 fully saturated rings. The highest BCUT2D eigenvalue weighted by atomic mass is 16.5. The maximum Gasteiger partial charge on any atom is 0.307 e. The third-order valence-electron chi connectivity index (χ3n) is 2.90. The summed E-state index contributed by atoms with van der Waals surface area (Å²) in [5, 5.41) is 6.76. The molecule has 2 aromatic rings. The van der Waals surface area contributed by atoms with Gasteiger partial charge < -0.3 is 10.1 Å². The first-order valence-corrected chi connectivity index (χ1v) is 6.98. The van der Waals surface area contributed by atoms with Gasteiger partial charge in [0.2, 0.25) is 0 Å². The van der Waals surface area contributed by atoms with Crippen molar-refractivity contribution in [2.45, 2.75) is 19.9 Å². The van der Waals surface area contributed by atoms with E-state index in [1.165, 1.54) is 0 Å². The van der Waals surface area contributed by atoms with Gasteiger partial charge in [-0.3, -0.25) is 19.3 Å². The summed E-state index contributed by atoms with van der Waals surface area (Å²) >= 11 is 0. The highest BCUT2D eigenvalue weighted by Crippen LogP contribution is 1.97. The number of esters is 1. The molecule has 1 amide bonds. The van der Waals surface area contributed by atoms with Crippen LogP contribution in [0.4, 0.5) is 0 Å². The molecule has 0 radical (unpaired) electrons. The SMILES string of the molecule is Cc1cnn(CCC(=O)OCCNC(=O)c2ccncc2)c1. The van der Waals surface area contributed by atoms with Gasteiger partial charge >= 0.3 is 5.97 Å². The molecule has 0 aliphatic heterocycles. The van der Waals surface area contributed by atoms with Crippen LogP contribution in [0.3, 0.4) is 0 Å². The molecule has 0 aromatic carbocycles. The van der Waals surface area contributed by atoms with E-state index in [0.717, 1.165) is 5.56 Å². The number of carbonyl (C=O) groups is 2. The van der Waals surface area contributed by atoms with Gasteiger partial charge in [0, 0.05) is 24.2 Å².